The highest BCUT2D eigenvalue weighted by atomic mass is 16.6. The molecular weight excluding hydrogens is 412 g/mol. The Hall–Kier alpha value is -3.76. The van der Waals surface area contributed by atoms with E-state index in [0.29, 0.717) is 48.0 Å². The summed E-state index contributed by atoms with van der Waals surface area (Å²) in [6.07, 6.45) is 6.88. The molecule has 1 saturated heterocycles. The van der Waals surface area contributed by atoms with Gasteiger partial charge in [0, 0.05) is 32.4 Å². The van der Waals surface area contributed by atoms with Crippen LogP contribution in [0.2, 0.25) is 0 Å². The molecule has 5 rings (SSSR count). The lowest BCUT2D eigenvalue weighted by atomic mass is 10.2. The molecule has 0 aliphatic carbocycles. The number of imidazole rings is 1. The van der Waals surface area contributed by atoms with Crippen molar-refractivity contribution in [2.24, 2.45) is 7.05 Å². The highest BCUT2D eigenvalue weighted by Gasteiger charge is 2.32. The predicted molar refractivity (Wildman–Crippen MR) is 115 cm³/mol. The number of rotatable bonds is 3. The molecule has 166 valence electrons. The molecule has 0 N–H and O–H groups in total. The van der Waals surface area contributed by atoms with E-state index in [2.05, 4.69) is 20.1 Å². The molecule has 1 aliphatic rings. The molecule has 5 heterocycles. The standard InChI is InChI=1S/C21H24N8O3/c1-21(2,3)32-20(30)28-9-6-13(11-28)31-19-15-18(23-12-24-19)27(4)17(26-15)14-10-25-29-8-5-7-22-16(14)29/h5,7-8,10,12-13H,6,9,11H2,1-4H3. The summed E-state index contributed by atoms with van der Waals surface area (Å²) in [5, 5.41) is 4.35. The molecule has 11 heteroatoms. The SMILES string of the molecule is Cn1c(-c2cnn3cccnc23)nc2c(OC3CCN(C(=O)OC(C)(C)C)C3)ncnc21. The van der Waals surface area contributed by atoms with E-state index in [1.165, 1.54) is 6.33 Å². The van der Waals surface area contributed by atoms with Gasteiger partial charge < -0.3 is 18.9 Å². The summed E-state index contributed by atoms with van der Waals surface area (Å²) in [6, 6.07) is 1.82. The number of hydrogen-bond donors (Lipinski definition) is 0. The number of amides is 1. The molecule has 4 aromatic rings. The van der Waals surface area contributed by atoms with Crippen molar-refractivity contribution in [2.45, 2.75) is 38.9 Å². The first-order chi connectivity index (χ1) is 15.3. The molecule has 11 nitrogen and oxygen atoms in total. The number of carbonyl (C=O) groups is 1. The molecule has 32 heavy (non-hydrogen) atoms. The zero-order valence-electron chi connectivity index (χ0n) is 18.4. The molecule has 4 aromatic heterocycles. The smallest absolute Gasteiger partial charge is 0.410 e. The summed E-state index contributed by atoms with van der Waals surface area (Å²) in [7, 11) is 1.88. The number of likely N-dealkylation sites (tertiary alicyclic amines) is 1. The molecule has 1 unspecified atom stereocenters. The van der Waals surface area contributed by atoms with Gasteiger partial charge in [0.1, 0.15) is 23.9 Å². The van der Waals surface area contributed by atoms with E-state index < -0.39 is 5.60 Å². The Kier molecular flexibility index (Phi) is 4.68. The van der Waals surface area contributed by atoms with Gasteiger partial charge in [0.25, 0.3) is 0 Å². The fourth-order valence-electron chi connectivity index (χ4n) is 3.77. The van der Waals surface area contributed by atoms with Crippen LogP contribution in [0.1, 0.15) is 27.2 Å². The molecule has 0 aromatic carbocycles. The van der Waals surface area contributed by atoms with Crippen molar-refractivity contribution in [3.63, 3.8) is 0 Å². The van der Waals surface area contributed by atoms with Crippen LogP contribution >= 0.6 is 0 Å². The van der Waals surface area contributed by atoms with Crippen molar-refractivity contribution in [2.75, 3.05) is 13.1 Å². The minimum Gasteiger partial charge on any atom is -0.471 e. The van der Waals surface area contributed by atoms with Crippen LogP contribution in [-0.2, 0) is 11.8 Å². The fourth-order valence-corrected chi connectivity index (χ4v) is 3.77. The third-order valence-electron chi connectivity index (χ3n) is 5.22. The lowest BCUT2D eigenvalue weighted by molar-refractivity contribution is 0.0275. The topological polar surface area (TPSA) is 113 Å². The summed E-state index contributed by atoms with van der Waals surface area (Å²) >= 11 is 0. The lowest BCUT2D eigenvalue weighted by Crippen LogP contribution is -2.36. The van der Waals surface area contributed by atoms with Gasteiger partial charge in [-0.3, -0.25) is 0 Å². The quantitative estimate of drug-likeness (QED) is 0.481. The molecule has 0 spiro atoms. The Morgan fingerprint density at radius 1 is 1.19 bits per heavy atom. The maximum Gasteiger partial charge on any atom is 0.410 e. The van der Waals surface area contributed by atoms with Crippen LogP contribution in [0.15, 0.2) is 31.0 Å². The number of fused-ring (bicyclic) bond motifs is 2. The number of nitrogens with zero attached hydrogens (tertiary/aromatic N) is 8. The Morgan fingerprint density at radius 2 is 2.03 bits per heavy atom. The Bertz CT molecular complexity index is 1310. The highest BCUT2D eigenvalue weighted by Crippen LogP contribution is 2.30. The zero-order chi connectivity index (χ0) is 22.5. The average molecular weight is 436 g/mol. The zero-order valence-corrected chi connectivity index (χ0v) is 18.4. The molecule has 0 bridgehead atoms. The van der Waals surface area contributed by atoms with Gasteiger partial charge in [0.15, 0.2) is 16.8 Å². The summed E-state index contributed by atoms with van der Waals surface area (Å²) in [5.41, 5.74) is 2.14. The Morgan fingerprint density at radius 3 is 2.84 bits per heavy atom. The first-order valence-corrected chi connectivity index (χ1v) is 10.4. The van der Waals surface area contributed by atoms with Crippen molar-refractivity contribution < 1.29 is 14.3 Å². The molecule has 1 amide bonds. The second kappa shape index (κ2) is 7.43. The molecular formula is C21H24N8O3. The number of aromatic nitrogens is 7. The van der Waals surface area contributed by atoms with Crippen molar-refractivity contribution in [1.29, 1.82) is 0 Å². The average Bonchev–Trinajstić information content (AvgIpc) is 3.45. The summed E-state index contributed by atoms with van der Waals surface area (Å²) in [4.78, 5) is 31.9. The molecule has 1 fully saturated rings. The summed E-state index contributed by atoms with van der Waals surface area (Å²) < 4.78 is 15.2. The van der Waals surface area contributed by atoms with Gasteiger partial charge in [-0.15, -0.1) is 0 Å². The largest absolute Gasteiger partial charge is 0.471 e. The Balaban J connectivity index is 1.42. The van der Waals surface area contributed by atoms with Crippen molar-refractivity contribution >= 4 is 22.9 Å². The lowest BCUT2D eigenvalue weighted by Gasteiger charge is -2.24. The van der Waals surface area contributed by atoms with Crippen LogP contribution in [-0.4, -0.2) is 69.9 Å². The van der Waals surface area contributed by atoms with Gasteiger partial charge in [-0.1, -0.05) is 0 Å². The van der Waals surface area contributed by atoms with E-state index in [-0.39, 0.29) is 12.2 Å². The number of hydrogen-bond acceptors (Lipinski definition) is 8. The molecule has 1 aliphatic heterocycles. The van der Waals surface area contributed by atoms with Gasteiger partial charge in [-0.2, -0.15) is 10.1 Å². The van der Waals surface area contributed by atoms with Crippen LogP contribution in [0.4, 0.5) is 4.79 Å². The number of carbonyl (C=O) groups excluding carboxylic acids is 1. The third kappa shape index (κ3) is 3.59. The van der Waals surface area contributed by atoms with Gasteiger partial charge in [-0.05, 0) is 26.8 Å². The van der Waals surface area contributed by atoms with Gasteiger partial charge in [-0.25, -0.2) is 24.3 Å². The predicted octanol–water partition coefficient (Wildman–Crippen LogP) is 2.46. The van der Waals surface area contributed by atoms with E-state index in [1.54, 1.807) is 21.8 Å². The molecule has 0 saturated carbocycles. The fraction of sp³-hybridized carbons (Fsp3) is 0.429. The Labute approximate surface area is 184 Å². The van der Waals surface area contributed by atoms with Crippen LogP contribution in [0.3, 0.4) is 0 Å². The first-order valence-electron chi connectivity index (χ1n) is 10.4. The van der Waals surface area contributed by atoms with E-state index in [9.17, 15) is 4.79 Å². The normalized spacial score (nSPS) is 16.8. The maximum atomic E-state index is 12.4. The van der Waals surface area contributed by atoms with Crippen molar-refractivity contribution in [3.8, 4) is 17.3 Å². The van der Waals surface area contributed by atoms with E-state index >= 15 is 0 Å². The molecule has 0 radical (unpaired) electrons. The van der Waals surface area contributed by atoms with Crippen molar-refractivity contribution in [3.05, 3.63) is 31.0 Å². The van der Waals surface area contributed by atoms with Crippen LogP contribution in [0, 0.1) is 0 Å². The second-order valence-electron chi connectivity index (χ2n) is 8.75. The summed E-state index contributed by atoms with van der Waals surface area (Å²) in [6.45, 7) is 6.55. The third-order valence-corrected chi connectivity index (χ3v) is 5.22. The minimum absolute atomic E-state index is 0.204. The first kappa shape index (κ1) is 20.2. The van der Waals surface area contributed by atoms with E-state index in [0.717, 1.165) is 5.56 Å². The van der Waals surface area contributed by atoms with Gasteiger partial charge >= 0.3 is 6.09 Å². The maximum absolute atomic E-state index is 12.4. The van der Waals surface area contributed by atoms with Crippen molar-refractivity contribution in [1.82, 2.24) is 39.0 Å². The van der Waals surface area contributed by atoms with E-state index in [1.807, 2.05) is 44.6 Å². The van der Waals surface area contributed by atoms with Crippen LogP contribution in [0.5, 0.6) is 5.88 Å². The minimum atomic E-state index is -0.536. The number of aryl methyl sites for hydroxylation is 1. The van der Waals surface area contributed by atoms with Crippen LogP contribution < -0.4 is 4.74 Å². The summed E-state index contributed by atoms with van der Waals surface area (Å²) in [5.74, 6) is 1.05. The van der Waals surface area contributed by atoms with Gasteiger partial charge in [0.05, 0.1) is 18.3 Å². The molecule has 1 atom stereocenters. The number of ether oxygens (including phenoxy) is 2. The second-order valence-corrected chi connectivity index (χ2v) is 8.75. The van der Waals surface area contributed by atoms with E-state index in [4.69, 9.17) is 14.5 Å². The van der Waals surface area contributed by atoms with Gasteiger partial charge in [0.2, 0.25) is 5.88 Å². The highest BCUT2D eigenvalue weighted by molar-refractivity contribution is 5.84. The van der Waals surface area contributed by atoms with Crippen LogP contribution in [0.25, 0.3) is 28.2 Å². The monoisotopic (exact) mass is 436 g/mol.